The Kier molecular flexibility index (Phi) is 3.44. The Balaban J connectivity index is 2.25. The number of amides is 1. The van der Waals surface area contributed by atoms with Crippen LogP contribution in [0.2, 0.25) is 5.02 Å². The van der Waals surface area contributed by atoms with E-state index < -0.39 is 0 Å². The summed E-state index contributed by atoms with van der Waals surface area (Å²) in [6, 6.07) is 3.55. The van der Waals surface area contributed by atoms with Crippen LogP contribution in [0, 0.1) is 0 Å². The molecule has 0 atom stereocenters. The van der Waals surface area contributed by atoms with Gasteiger partial charge in [-0.15, -0.1) is 0 Å². The summed E-state index contributed by atoms with van der Waals surface area (Å²) in [5.41, 5.74) is 2.14. The molecule has 2 rings (SSSR count). The zero-order valence-electron chi connectivity index (χ0n) is 9.40. The fraction of sp³-hybridized carbons (Fsp3) is 0.300. The second-order valence-corrected chi connectivity index (χ2v) is 4.63. The van der Waals surface area contributed by atoms with Gasteiger partial charge in [-0.05, 0) is 12.1 Å². The topological polar surface area (TPSA) is 58.1 Å². The lowest BCUT2D eigenvalue weighted by atomic mass is 10.2. The predicted molar refractivity (Wildman–Crippen MR) is 69.6 cm³/mol. The molecule has 0 saturated heterocycles. The van der Waals surface area contributed by atoms with Crippen LogP contribution in [0.1, 0.15) is 0 Å². The summed E-state index contributed by atoms with van der Waals surface area (Å²) in [4.78, 5) is 13.0. The van der Waals surface area contributed by atoms with E-state index in [0.29, 0.717) is 16.2 Å². The number of aromatic nitrogens is 2. The number of nitrogens with zero attached hydrogens (tertiary/aromatic N) is 3. The zero-order valence-corrected chi connectivity index (χ0v) is 11.0. The largest absolute Gasteiger partial charge is 0.373 e. The van der Waals surface area contributed by atoms with Gasteiger partial charge in [0, 0.05) is 14.1 Å². The minimum absolute atomic E-state index is 0.0266. The lowest BCUT2D eigenvalue weighted by molar-refractivity contribution is -0.126. The molecule has 1 aromatic carbocycles. The summed E-state index contributed by atoms with van der Waals surface area (Å²) in [6.45, 7) is 0.184. The van der Waals surface area contributed by atoms with Crippen LogP contribution in [0.15, 0.2) is 12.1 Å². The van der Waals surface area contributed by atoms with E-state index in [4.69, 9.17) is 11.6 Å². The van der Waals surface area contributed by atoms with Gasteiger partial charge in [0.25, 0.3) is 0 Å². The third-order valence-corrected chi connectivity index (χ3v) is 3.15. The van der Waals surface area contributed by atoms with Gasteiger partial charge in [0.15, 0.2) is 0 Å². The Morgan fingerprint density at radius 1 is 1.47 bits per heavy atom. The standard InChI is InChI=1S/C10H11ClN4OS/c1-15(2)8(16)5-12-9-6(11)3-4-7-10(9)14-17-13-7/h3-4,12H,5H2,1-2H3. The van der Waals surface area contributed by atoms with Crippen molar-refractivity contribution in [3.8, 4) is 0 Å². The molecule has 0 radical (unpaired) electrons. The highest BCUT2D eigenvalue weighted by Crippen LogP contribution is 2.29. The normalized spacial score (nSPS) is 10.5. The molecular weight excluding hydrogens is 260 g/mol. The molecule has 17 heavy (non-hydrogen) atoms. The van der Waals surface area contributed by atoms with Gasteiger partial charge in [0.05, 0.1) is 29.0 Å². The first-order valence-electron chi connectivity index (χ1n) is 4.94. The molecule has 1 N–H and O–H groups in total. The van der Waals surface area contributed by atoms with Crippen LogP contribution in [0.4, 0.5) is 5.69 Å². The van der Waals surface area contributed by atoms with E-state index in [2.05, 4.69) is 14.1 Å². The summed E-state index contributed by atoms with van der Waals surface area (Å²) in [6.07, 6.45) is 0. The van der Waals surface area contributed by atoms with Crippen molar-refractivity contribution in [1.82, 2.24) is 13.6 Å². The van der Waals surface area contributed by atoms with Crippen LogP contribution in [0.25, 0.3) is 11.0 Å². The number of hydrogen-bond acceptors (Lipinski definition) is 5. The molecule has 0 fully saturated rings. The molecule has 0 aliphatic carbocycles. The average Bonchev–Trinajstić information content (AvgIpc) is 2.75. The van der Waals surface area contributed by atoms with Crippen molar-refractivity contribution < 1.29 is 4.79 Å². The summed E-state index contributed by atoms with van der Waals surface area (Å²) in [5, 5.41) is 3.54. The second kappa shape index (κ2) is 4.85. The minimum Gasteiger partial charge on any atom is -0.373 e. The minimum atomic E-state index is -0.0266. The molecule has 1 aromatic heterocycles. The molecule has 0 aliphatic rings. The fourth-order valence-corrected chi connectivity index (χ4v) is 2.08. The maximum absolute atomic E-state index is 11.5. The van der Waals surface area contributed by atoms with E-state index in [-0.39, 0.29) is 12.5 Å². The van der Waals surface area contributed by atoms with E-state index in [0.717, 1.165) is 17.2 Å². The Labute approximate surface area is 108 Å². The highest BCUT2D eigenvalue weighted by molar-refractivity contribution is 7.00. The molecule has 2 aromatic rings. The maximum atomic E-state index is 11.5. The number of carbonyl (C=O) groups excluding carboxylic acids is 1. The van der Waals surface area contributed by atoms with Crippen molar-refractivity contribution in [3.63, 3.8) is 0 Å². The number of carbonyl (C=O) groups is 1. The number of nitrogens with one attached hydrogen (secondary N) is 1. The molecule has 7 heteroatoms. The van der Waals surface area contributed by atoms with Gasteiger partial charge < -0.3 is 10.2 Å². The maximum Gasteiger partial charge on any atom is 0.241 e. The lowest BCUT2D eigenvalue weighted by Crippen LogP contribution is -2.28. The van der Waals surface area contributed by atoms with Crippen LogP contribution < -0.4 is 5.32 Å². The van der Waals surface area contributed by atoms with Crippen molar-refractivity contribution in [1.29, 1.82) is 0 Å². The molecule has 0 bridgehead atoms. The van der Waals surface area contributed by atoms with Gasteiger partial charge in [0.1, 0.15) is 11.0 Å². The molecule has 0 saturated carbocycles. The van der Waals surface area contributed by atoms with Crippen LogP contribution in [-0.2, 0) is 4.79 Å². The highest BCUT2D eigenvalue weighted by Gasteiger charge is 2.11. The van der Waals surface area contributed by atoms with Crippen molar-refractivity contribution in [2.24, 2.45) is 0 Å². The van der Waals surface area contributed by atoms with Gasteiger partial charge in [-0.25, -0.2) is 0 Å². The van der Waals surface area contributed by atoms with E-state index in [1.165, 1.54) is 4.90 Å². The van der Waals surface area contributed by atoms with Crippen molar-refractivity contribution in [3.05, 3.63) is 17.2 Å². The second-order valence-electron chi connectivity index (χ2n) is 3.70. The number of likely N-dealkylation sites (N-methyl/N-ethyl adjacent to an activating group) is 1. The van der Waals surface area contributed by atoms with Crippen molar-refractivity contribution in [2.75, 3.05) is 26.0 Å². The Bertz CT molecular complexity index is 554. The summed E-state index contributed by atoms with van der Waals surface area (Å²) in [5.74, 6) is -0.0266. The monoisotopic (exact) mass is 270 g/mol. The first kappa shape index (κ1) is 12.1. The summed E-state index contributed by atoms with van der Waals surface area (Å²) in [7, 11) is 3.41. The molecule has 0 spiro atoms. The first-order valence-corrected chi connectivity index (χ1v) is 6.05. The van der Waals surface area contributed by atoms with Crippen LogP contribution in [-0.4, -0.2) is 40.2 Å². The SMILES string of the molecule is CN(C)C(=O)CNc1c(Cl)ccc2nsnc12. The number of rotatable bonds is 3. The summed E-state index contributed by atoms with van der Waals surface area (Å²) >= 11 is 7.19. The van der Waals surface area contributed by atoms with Gasteiger partial charge in [-0.1, -0.05) is 11.6 Å². The zero-order chi connectivity index (χ0) is 12.4. The molecule has 0 aliphatic heterocycles. The van der Waals surface area contributed by atoms with Crippen LogP contribution in [0.3, 0.4) is 0 Å². The van der Waals surface area contributed by atoms with E-state index in [9.17, 15) is 4.79 Å². The Morgan fingerprint density at radius 3 is 2.94 bits per heavy atom. The van der Waals surface area contributed by atoms with Gasteiger partial charge in [-0.2, -0.15) is 8.75 Å². The van der Waals surface area contributed by atoms with Crippen LogP contribution in [0.5, 0.6) is 0 Å². The molecule has 1 amide bonds. The fourth-order valence-electron chi connectivity index (χ4n) is 1.32. The van der Waals surface area contributed by atoms with Crippen LogP contribution >= 0.6 is 23.3 Å². The van der Waals surface area contributed by atoms with E-state index in [1.807, 2.05) is 0 Å². The molecular formula is C10H11ClN4OS. The number of anilines is 1. The first-order chi connectivity index (χ1) is 8.09. The molecule has 90 valence electrons. The number of hydrogen-bond donors (Lipinski definition) is 1. The van der Waals surface area contributed by atoms with E-state index in [1.54, 1.807) is 26.2 Å². The lowest BCUT2D eigenvalue weighted by Gasteiger charge is -2.12. The van der Waals surface area contributed by atoms with Crippen molar-refractivity contribution >= 4 is 46.0 Å². The number of fused-ring (bicyclic) bond motifs is 1. The highest BCUT2D eigenvalue weighted by atomic mass is 35.5. The summed E-state index contributed by atoms with van der Waals surface area (Å²) < 4.78 is 8.28. The third-order valence-electron chi connectivity index (χ3n) is 2.29. The van der Waals surface area contributed by atoms with Gasteiger partial charge in [-0.3, -0.25) is 4.79 Å². The average molecular weight is 271 g/mol. The van der Waals surface area contributed by atoms with Gasteiger partial charge >= 0.3 is 0 Å². The smallest absolute Gasteiger partial charge is 0.241 e. The Morgan fingerprint density at radius 2 is 2.24 bits per heavy atom. The number of halogens is 1. The van der Waals surface area contributed by atoms with Crippen molar-refractivity contribution in [2.45, 2.75) is 0 Å². The quantitative estimate of drug-likeness (QED) is 0.925. The van der Waals surface area contributed by atoms with Gasteiger partial charge in [0.2, 0.25) is 5.91 Å². The number of benzene rings is 1. The predicted octanol–water partition coefficient (Wildman–Crippen LogP) is 1.84. The third kappa shape index (κ3) is 2.48. The molecule has 1 heterocycles. The molecule has 5 nitrogen and oxygen atoms in total. The van der Waals surface area contributed by atoms with E-state index >= 15 is 0 Å². The Hall–Kier alpha value is -1.40. The molecule has 0 unspecified atom stereocenters.